The molecule has 16 heavy (non-hydrogen) atoms. The van der Waals surface area contributed by atoms with Crippen LogP contribution in [0.4, 0.5) is 5.82 Å². The molecule has 0 aromatic carbocycles. The third kappa shape index (κ3) is 1.48. The molecule has 3 rings (SSSR count). The lowest BCUT2D eigenvalue weighted by Gasteiger charge is -1.91. The van der Waals surface area contributed by atoms with Crippen molar-refractivity contribution >= 4 is 38.6 Å². The maximum atomic E-state index is 5.63. The lowest BCUT2D eigenvalue weighted by atomic mass is 10.2. The van der Waals surface area contributed by atoms with Crippen molar-refractivity contribution in [1.29, 1.82) is 0 Å². The van der Waals surface area contributed by atoms with Crippen LogP contribution in [0.3, 0.4) is 0 Å². The summed E-state index contributed by atoms with van der Waals surface area (Å²) in [4.78, 5) is 9.65. The van der Waals surface area contributed by atoms with Gasteiger partial charge in [-0.05, 0) is 23.9 Å². The van der Waals surface area contributed by atoms with E-state index in [1.54, 1.807) is 22.7 Å². The quantitative estimate of drug-likeness (QED) is 0.717. The Balaban J connectivity index is 2.22. The zero-order chi connectivity index (χ0) is 11.1. The standard InChI is InChI=1S/C11H9N3S2/c1-6-3-13-4-9-7(6)2-8(16-9)11-14-10(12)5-15-11/h2-5H,12H2,1H3. The number of aryl methyl sites for hydroxylation is 1. The summed E-state index contributed by atoms with van der Waals surface area (Å²) >= 11 is 3.29. The number of pyridine rings is 1. The van der Waals surface area contributed by atoms with E-state index < -0.39 is 0 Å². The molecule has 0 spiro atoms. The van der Waals surface area contributed by atoms with Gasteiger partial charge in [0.1, 0.15) is 10.8 Å². The van der Waals surface area contributed by atoms with Gasteiger partial charge in [0, 0.05) is 17.8 Å². The summed E-state index contributed by atoms with van der Waals surface area (Å²) in [6, 6.07) is 2.16. The van der Waals surface area contributed by atoms with Crippen LogP contribution in [0, 0.1) is 6.92 Å². The number of fused-ring (bicyclic) bond motifs is 1. The molecule has 0 aliphatic heterocycles. The molecule has 0 atom stereocenters. The van der Waals surface area contributed by atoms with Gasteiger partial charge in [0.2, 0.25) is 0 Å². The maximum Gasteiger partial charge on any atom is 0.135 e. The number of anilines is 1. The van der Waals surface area contributed by atoms with Gasteiger partial charge in [-0.2, -0.15) is 0 Å². The van der Waals surface area contributed by atoms with Crippen LogP contribution in [-0.2, 0) is 0 Å². The van der Waals surface area contributed by atoms with Crippen LogP contribution in [0.2, 0.25) is 0 Å². The van der Waals surface area contributed by atoms with Gasteiger partial charge in [0.25, 0.3) is 0 Å². The Morgan fingerprint density at radius 2 is 2.19 bits per heavy atom. The third-order valence-corrected chi connectivity index (χ3v) is 4.48. The molecule has 0 bridgehead atoms. The Hall–Kier alpha value is -1.46. The van der Waals surface area contributed by atoms with Gasteiger partial charge in [0.05, 0.1) is 9.58 Å². The van der Waals surface area contributed by atoms with Crippen molar-refractivity contribution < 1.29 is 0 Å². The van der Waals surface area contributed by atoms with E-state index in [4.69, 9.17) is 5.73 Å². The molecule has 0 aliphatic rings. The zero-order valence-corrected chi connectivity index (χ0v) is 10.2. The Morgan fingerprint density at radius 1 is 1.31 bits per heavy atom. The molecule has 3 aromatic heterocycles. The number of hydrogen-bond acceptors (Lipinski definition) is 5. The van der Waals surface area contributed by atoms with E-state index in [1.165, 1.54) is 15.6 Å². The molecule has 2 N–H and O–H groups in total. The number of rotatable bonds is 1. The summed E-state index contributed by atoms with van der Waals surface area (Å²) in [5.74, 6) is 0.590. The van der Waals surface area contributed by atoms with Gasteiger partial charge >= 0.3 is 0 Å². The minimum Gasteiger partial charge on any atom is -0.383 e. The minimum absolute atomic E-state index is 0.590. The van der Waals surface area contributed by atoms with Gasteiger partial charge < -0.3 is 5.73 Å². The van der Waals surface area contributed by atoms with E-state index >= 15 is 0 Å². The van der Waals surface area contributed by atoms with Crippen LogP contribution in [-0.4, -0.2) is 9.97 Å². The Bertz CT molecular complexity index is 654. The number of thiophene rings is 1. The molecular weight excluding hydrogens is 238 g/mol. The highest BCUT2D eigenvalue weighted by Gasteiger charge is 2.09. The van der Waals surface area contributed by atoms with Gasteiger partial charge in [-0.15, -0.1) is 22.7 Å². The maximum absolute atomic E-state index is 5.63. The van der Waals surface area contributed by atoms with Crippen molar-refractivity contribution in [3.8, 4) is 9.88 Å². The normalized spacial score (nSPS) is 11.1. The van der Waals surface area contributed by atoms with E-state index in [1.807, 2.05) is 17.8 Å². The fraction of sp³-hybridized carbons (Fsp3) is 0.0909. The molecule has 0 saturated carbocycles. The second-order valence-corrected chi connectivity index (χ2v) is 5.50. The van der Waals surface area contributed by atoms with E-state index in [-0.39, 0.29) is 0 Å². The van der Waals surface area contributed by atoms with Crippen LogP contribution in [0.25, 0.3) is 20.0 Å². The van der Waals surface area contributed by atoms with Crippen LogP contribution in [0.1, 0.15) is 5.56 Å². The zero-order valence-electron chi connectivity index (χ0n) is 8.60. The predicted molar refractivity (Wildman–Crippen MR) is 69.9 cm³/mol. The average molecular weight is 247 g/mol. The van der Waals surface area contributed by atoms with Gasteiger partial charge in [-0.1, -0.05) is 0 Å². The highest BCUT2D eigenvalue weighted by Crippen LogP contribution is 2.36. The van der Waals surface area contributed by atoms with Crippen molar-refractivity contribution in [2.45, 2.75) is 6.92 Å². The SMILES string of the molecule is Cc1cncc2sc(-c3nc(N)cs3)cc12. The summed E-state index contributed by atoms with van der Waals surface area (Å²) in [6.45, 7) is 2.07. The lowest BCUT2D eigenvalue weighted by Crippen LogP contribution is -1.81. The van der Waals surface area contributed by atoms with Crippen LogP contribution < -0.4 is 5.73 Å². The smallest absolute Gasteiger partial charge is 0.135 e. The Kier molecular flexibility index (Phi) is 2.15. The van der Waals surface area contributed by atoms with Crippen molar-refractivity contribution in [3.63, 3.8) is 0 Å². The van der Waals surface area contributed by atoms with E-state index in [2.05, 4.69) is 23.0 Å². The van der Waals surface area contributed by atoms with Crippen molar-refractivity contribution in [1.82, 2.24) is 9.97 Å². The molecule has 3 nitrogen and oxygen atoms in total. The molecule has 0 radical (unpaired) electrons. The first-order chi connectivity index (χ1) is 7.74. The number of hydrogen-bond donors (Lipinski definition) is 1. The highest BCUT2D eigenvalue weighted by atomic mass is 32.1. The number of thiazole rings is 1. The summed E-state index contributed by atoms with van der Waals surface area (Å²) in [5.41, 5.74) is 6.83. The van der Waals surface area contributed by atoms with Crippen molar-refractivity contribution in [2.24, 2.45) is 0 Å². The first-order valence-corrected chi connectivity index (χ1v) is 6.49. The molecule has 80 valence electrons. The molecule has 5 heteroatoms. The summed E-state index contributed by atoms with van der Waals surface area (Å²) in [7, 11) is 0. The molecule has 3 aromatic rings. The molecule has 0 amide bonds. The lowest BCUT2D eigenvalue weighted by molar-refractivity contribution is 1.32. The van der Waals surface area contributed by atoms with Gasteiger partial charge in [0.15, 0.2) is 0 Å². The van der Waals surface area contributed by atoms with E-state index in [0.29, 0.717) is 5.82 Å². The molecule has 0 aliphatic carbocycles. The number of nitrogens with two attached hydrogens (primary N) is 1. The van der Waals surface area contributed by atoms with Crippen LogP contribution in [0.5, 0.6) is 0 Å². The number of nitrogen functional groups attached to an aromatic ring is 1. The summed E-state index contributed by atoms with van der Waals surface area (Å²) < 4.78 is 1.20. The number of aromatic nitrogens is 2. The highest BCUT2D eigenvalue weighted by molar-refractivity contribution is 7.25. The number of nitrogens with zero attached hydrogens (tertiary/aromatic N) is 2. The monoisotopic (exact) mass is 247 g/mol. The first-order valence-electron chi connectivity index (χ1n) is 4.79. The molecule has 0 unspecified atom stereocenters. The summed E-state index contributed by atoms with van der Waals surface area (Å²) in [5, 5.41) is 4.10. The Morgan fingerprint density at radius 3 is 2.88 bits per heavy atom. The second-order valence-electron chi connectivity index (χ2n) is 3.56. The Labute approximate surface area is 101 Å². The van der Waals surface area contributed by atoms with Gasteiger partial charge in [-0.3, -0.25) is 4.98 Å². The van der Waals surface area contributed by atoms with Crippen molar-refractivity contribution in [3.05, 3.63) is 29.4 Å². The summed E-state index contributed by atoms with van der Waals surface area (Å²) in [6.07, 6.45) is 3.78. The van der Waals surface area contributed by atoms with E-state index in [0.717, 1.165) is 9.88 Å². The second kappa shape index (κ2) is 3.54. The molecule has 0 fully saturated rings. The predicted octanol–water partition coefficient (Wildman–Crippen LogP) is 3.31. The largest absolute Gasteiger partial charge is 0.383 e. The minimum atomic E-state index is 0.590. The third-order valence-electron chi connectivity index (χ3n) is 2.38. The topological polar surface area (TPSA) is 51.8 Å². The molecule has 0 saturated heterocycles. The van der Waals surface area contributed by atoms with Crippen LogP contribution in [0.15, 0.2) is 23.8 Å². The van der Waals surface area contributed by atoms with E-state index in [9.17, 15) is 0 Å². The van der Waals surface area contributed by atoms with Crippen LogP contribution >= 0.6 is 22.7 Å². The molecular formula is C11H9N3S2. The fourth-order valence-electron chi connectivity index (χ4n) is 1.60. The average Bonchev–Trinajstić information content (AvgIpc) is 2.84. The van der Waals surface area contributed by atoms with Gasteiger partial charge in [-0.25, -0.2) is 4.98 Å². The van der Waals surface area contributed by atoms with Crippen molar-refractivity contribution in [2.75, 3.05) is 5.73 Å². The fourth-order valence-corrected chi connectivity index (χ4v) is 3.48. The molecule has 3 heterocycles. The first kappa shape index (κ1) is 9.74.